The largest absolute Gasteiger partial charge is 0.479 e. The standard InChI is InChI=1S/C42H68O7Si2/c1-14-28-17-20-31(21-18-28)45-34(15-2)38(43)47-35-25-30(40(4,5)6)24-29-19-16-27(3)42(36(29)35,49-51(12)13)23-22-32-26-33(41(7,8)9)37(39(44)46-32)48-50(10)11/h16-21,24,27,30,32-37,50-51H,14-15,22-23,25-26H2,1-13H3/t27-,30+,32+,33-,34?,35-,36+,37?,42-/m0/s1. The van der Waals surface area contributed by atoms with Crippen molar-refractivity contribution >= 4 is 30.0 Å². The van der Waals surface area contributed by atoms with Crippen molar-refractivity contribution < 1.29 is 32.7 Å². The molecule has 0 aromatic heterocycles. The molecule has 0 spiro atoms. The second kappa shape index (κ2) is 16.9. The molecule has 286 valence electrons. The molecule has 4 rings (SSSR count). The van der Waals surface area contributed by atoms with Crippen LogP contribution < -0.4 is 4.74 Å². The minimum Gasteiger partial charge on any atom is -0.479 e. The minimum absolute atomic E-state index is 0.0206. The topological polar surface area (TPSA) is 80.3 Å². The fourth-order valence-electron chi connectivity index (χ4n) is 8.40. The van der Waals surface area contributed by atoms with E-state index in [2.05, 4.69) is 99.8 Å². The third-order valence-corrected chi connectivity index (χ3v) is 13.1. The predicted octanol–water partition coefficient (Wildman–Crippen LogP) is 9.00. The summed E-state index contributed by atoms with van der Waals surface area (Å²) in [6.45, 7) is 28.3. The lowest BCUT2D eigenvalue weighted by Crippen LogP contribution is -2.58. The Labute approximate surface area is 312 Å². The van der Waals surface area contributed by atoms with E-state index in [0.29, 0.717) is 31.4 Å². The normalized spacial score (nSPS) is 30.5. The Kier molecular flexibility index (Phi) is 13.7. The van der Waals surface area contributed by atoms with Crippen LogP contribution in [0.1, 0.15) is 100.0 Å². The van der Waals surface area contributed by atoms with E-state index >= 15 is 0 Å². The van der Waals surface area contributed by atoms with Gasteiger partial charge in [0, 0.05) is 17.8 Å². The molecular weight excluding hydrogens is 673 g/mol. The summed E-state index contributed by atoms with van der Waals surface area (Å²) in [5, 5.41) is 0. The molecule has 0 radical (unpaired) electrons. The molecular formula is C42H68O7Si2. The zero-order valence-electron chi connectivity index (χ0n) is 33.9. The Morgan fingerprint density at radius 1 is 0.980 bits per heavy atom. The van der Waals surface area contributed by atoms with Gasteiger partial charge in [-0.05, 0) is 105 Å². The van der Waals surface area contributed by atoms with Crippen molar-refractivity contribution in [1.29, 1.82) is 0 Å². The lowest BCUT2D eigenvalue weighted by Gasteiger charge is -2.54. The first-order valence-electron chi connectivity index (χ1n) is 19.7. The molecule has 1 saturated heterocycles. The van der Waals surface area contributed by atoms with Gasteiger partial charge in [0.2, 0.25) is 0 Å². The summed E-state index contributed by atoms with van der Waals surface area (Å²) in [5.74, 6) is 0.297. The molecule has 1 heterocycles. The highest BCUT2D eigenvalue weighted by molar-refractivity contribution is 6.49. The van der Waals surface area contributed by atoms with Gasteiger partial charge in [0.1, 0.15) is 24.1 Å². The van der Waals surface area contributed by atoms with Crippen LogP contribution in [-0.4, -0.2) is 60.0 Å². The zero-order chi connectivity index (χ0) is 37.9. The van der Waals surface area contributed by atoms with Gasteiger partial charge in [-0.1, -0.05) is 92.7 Å². The van der Waals surface area contributed by atoms with Crippen molar-refractivity contribution in [2.24, 2.45) is 34.5 Å². The molecule has 1 aromatic carbocycles. The first-order chi connectivity index (χ1) is 23.8. The number of benzene rings is 1. The second-order valence-electron chi connectivity index (χ2n) is 18.0. The maximum absolute atomic E-state index is 14.1. The number of allylic oxidation sites excluding steroid dienone is 2. The molecule has 2 unspecified atom stereocenters. The molecule has 1 aliphatic heterocycles. The lowest BCUT2D eigenvalue weighted by molar-refractivity contribution is -0.180. The summed E-state index contributed by atoms with van der Waals surface area (Å²) < 4.78 is 32.6. The SMILES string of the molecule is CCc1ccc(OC(CC)C(=O)O[C@H]2C[C@H](C(C)(C)C)C=C3C=C[C@H](C)[C@](CC[C@@H]4C[C@H](C(C)(C)C)C(O[SiH](C)C)C(=O)O4)(O[SiH](C)C)[C@H]32)cc1. The number of hydrogen-bond donors (Lipinski definition) is 0. The molecule has 0 bridgehead atoms. The van der Waals surface area contributed by atoms with Crippen LogP contribution in [0, 0.1) is 34.5 Å². The van der Waals surface area contributed by atoms with Gasteiger partial charge in [0.15, 0.2) is 24.2 Å². The summed E-state index contributed by atoms with van der Waals surface area (Å²) in [4.78, 5) is 27.6. The van der Waals surface area contributed by atoms with Crippen molar-refractivity contribution in [3.05, 3.63) is 53.6 Å². The summed E-state index contributed by atoms with van der Waals surface area (Å²) in [6.07, 6.45) is 9.34. The van der Waals surface area contributed by atoms with E-state index in [0.717, 1.165) is 12.8 Å². The van der Waals surface area contributed by atoms with Gasteiger partial charge >= 0.3 is 11.9 Å². The quantitative estimate of drug-likeness (QED) is 0.148. The summed E-state index contributed by atoms with van der Waals surface area (Å²) in [5.41, 5.74) is 1.66. The van der Waals surface area contributed by atoms with Crippen molar-refractivity contribution in [3.8, 4) is 5.75 Å². The van der Waals surface area contributed by atoms with Gasteiger partial charge in [-0.25, -0.2) is 9.59 Å². The molecule has 7 nitrogen and oxygen atoms in total. The predicted molar refractivity (Wildman–Crippen MR) is 211 cm³/mol. The first kappa shape index (κ1) is 41.5. The van der Waals surface area contributed by atoms with Crippen LogP contribution in [-0.2, 0) is 34.3 Å². The van der Waals surface area contributed by atoms with E-state index in [1.54, 1.807) is 0 Å². The van der Waals surface area contributed by atoms with E-state index in [1.807, 2.05) is 31.2 Å². The number of carbonyl (C=O) groups excluding carboxylic acids is 2. The molecule has 0 saturated carbocycles. The number of hydrogen-bond acceptors (Lipinski definition) is 7. The van der Waals surface area contributed by atoms with E-state index in [-0.39, 0.29) is 52.5 Å². The molecule has 0 N–H and O–H groups in total. The summed E-state index contributed by atoms with van der Waals surface area (Å²) >= 11 is 0. The minimum atomic E-state index is -1.61. The third-order valence-electron chi connectivity index (χ3n) is 11.3. The number of carbonyl (C=O) groups is 2. The highest BCUT2D eigenvalue weighted by Gasteiger charge is 2.55. The Hall–Kier alpha value is -2.21. The second-order valence-corrected chi connectivity index (χ2v) is 22.7. The Morgan fingerprint density at radius 3 is 2.20 bits per heavy atom. The maximum Gasteiger partial charge on any atom is 0.347 e. The summed E-state index contributed by atoms with van der Waals surface area (Å²) in [6, 6.07) is 7.96. The average Bonchev–Trinajstić information content (AvgIpc) is 3.03. The lowest BCUT2D eigenvalue weighted by atomic mass is 9.59. The van der Waals surface area contributed by atoms with E-state index in [9.17, 15) is 9.59 Å². The highest BCUT2D eigenvalue weighted by atomic mass is 28.3. The average molecular weight is 741 g/mol. The van der Waals surface area contributed by atoms with E-state index in [1.165, 1.54) is 11.1 Å². The first-order valence-corrected chi connectivity index (χ1v) is 25.2. The molecule has 1 aromatic rings. The van der Waals surface area contributed by atoms with Crippen LogP contribution in [0.5, 0.6) is 5.75 Å². The van der Waals surface area contributed by atoms with E-state index < -0.39 is 42.0 Å². The van der Waals surface area contributed by atoms with Gasteiger partial charge < -0.3 is 23.1 Å². The number of rotatable bonds is 13. The van der Waals surface area contributed by atoms with Crippen molar-refractivity contribution in [1.82, 2.24) is 0 Å². The van der Waals surface area contributed by atoms with Gasteiger partial charge in [0.05, 0.1) is 5.60 Å². The number of esters is 2. The van der Waals surface area contributed by atoms with Crippen LogP contribution in [0.4, 0.5) is 0 Å². The Morgan fingerprint density at radius 2 is 1.65 bits per heavy atom. The smallest absolute Gasteiger partial charge is 0.347 e. The highest BCUT2D eigenvalue weighted by Crippen LogP contribution is 2.53. The Bertz CT molecular complexity index is 1390. The van der Waals surface area contributed by atoms with Crippen LogP contribution >= 0.6 is 0 Å². The number of cyclic esters (lactones) is 1. The van der Waals surface area contributed by atoms with Gasteiger partial charge in [0.25, 0.3) is 0 Å². The Balaban J connectivity index is 1.68. The maximum atomic E-state index is 14.1. The number of fused-ring (bicyclic) bond motifs is 1. The zero-order valence-corrected chi connectivity index (χ0v) is 36.2. The van der Waals surface area contributed by atoms with Crippen LogP contribution in [0.3, 0.4) is 0 Å². The van der Waals surface area contributed by atoms with E-state index in [4.69, 9.17) is 23.1 Å². The molecule has 3 aliphatic rings. The van der Waals surface area contributed by atoms with Crippen molar-refractivity contribution in [2.45, 2.75) is 157 Å². The molecule has 2 aliphatic carbocycles. The molecule has 1 fully saturated rings. The number of aryl methyl sites for hydroxylation is 1. The van der Waals surface area contributed by atoms with Gasteiger partial charge in [-0.15, -0.1) is 0 Å². The van der Waals surface area contributed by atoms with Crippen molar-refractivity contribution in [2.75, 3.05) is 0 Å². The van der Waals surface area contributed by atoms with Crippen LogP contribution in [0.15, 0.2) is 48.1 Å². The fourth-order valence-corrected chi connectivity index (χ4v) is 10.6. The van der Waals surface area contributed by atoms with Gasteiger partial charge in [-0.2, -0.15) is 0 Å². The van der Waals surface area contributed by atoms with Crippen molar-refractivity contribution in [3.63, 3.8) is 0 Å². The monoisotopic (exact) mass is 740 g/mol. The summed E-state index contributed by atoms with van der Waals surface area (Å²) in [7, 11) is -3.07. The fraction of sp³-hybridized carbons (Fsp3) is 0.714. The number of ether oxygens (including phenoxy) is 3. The third kappa shape index (κ3) is 10.1. The molecule has 0 amide bonds. The van der Waals surface area contributed by atoms with Crippen LogP contribution in [0.25, 0.3) is 0 Å². The molecule has 9 atom stereocenters. The molecule has 9 heteroatoms. The van der Waals surface area contributed by atoms with Crippen LogP contribution in [0.2, 0.25) is 26.2 Å². The van der Waals surface area contributed by atoms with Gasteiger partial charge in [-0.3, -0.25) is 0 Å². The molecule has 51 heavy (non-hydrogen) atoms.